The van der Waals surface area contributed by atoms with Crippen molar-refractivity contribution in [3.8, 4) is 11.8 Å². The van der Waals surface area contributed by atoms with Crippen molar-refractivity contribution >= 4 is 23.4 Å². The average Bonchev–Trinajstić information content (AvgIpc) is 2.90. The summed E-state index contributed by atoms with van der Waals surface area (Å²) in [6.07, 6.45) is 4.78. The van der Waals surface area contributed by atoms with Crippen LogP contribution in [0.1, 0.15) is 67.9 Å². The first-order chi connectivity index (χ1) is 17.4. The van der Waals surface area contributed by atoms with E-state index in [2.05, 4.69) is 27.8 Å². The zero-order chi connectivity index (χ0) is 25.9. The first-order valence-corrected chi connectivity index (χ1v) is 12.0. The Kier molecular flexibility index (Phi) is 11.8. The maximum Gasteiger partial charge on any atom is 0.268 e. The van der Waals surface area contributed by atoms with Crippen molar-refractivity contribution in [1.29, 1.82) is 0 Å². The first kappa shape index (κ1) is 29.5. The van der Waals surface area contributed by atoms with Crippen LogP contribution in [0, 0.1) is 11.8 Å². The number of anilines is 1. The third-order valence-corrected chi connectivity index (χ3v) is 5.99. The van der Waals surface area contributed by atoms with Crippen LogP contribution in [0.25, 0.3) is 0 Å². The van der Waals surface area contributed by atoms with Crippen LogP contribution in [-0.2, 0) is 9.59 Å². The van der Waals surface area contributed by atoms with E-state index in [4.69, 9.17) is 5.21 Å². The van der Waals surface area contributed by atoms with Crippen molar-refractivity contribution in [2.45, 2.75) is 64.6 Å². The Hall–Kier alpha value is -3.71. The van der Waals surface area contributed by atoms with E-state index in [0.29, 0.717) is 23.8 Å². The largest absolute Gasteiger partial charge is 0.391 e. The van der Waals surface area contributed by atoms with Gasteiger partial charge in [0.15, 0.2) is 0 Å². The predicted molar refractivity (Wildman–Crippen MR) is 142 cm³/mol. The van der Waals surface area contributed by atoms with E-state index in [-0.39, 0.29) is 18.9 Å². The summed E-state index contributed by atoms with van der Waals surface area (Å²) in [5.74, 6) is 4.50. The van der Waals surface area contributed by atoms with Crippen molar-refractivity contribution in [2.24, 2.45) is 0 Å². The summed E-state index contributed by atoms with van der Waals surface area (Å²) in [5.41, 5.74) is 3.85. The van der Waals surface area contributed by atoms with Gasteiger partial charge in [-0.1, -0.05) is 38.5 Å². The van der Waals surface area contributed by atoms with E-state index in [1.807, 2.05) is 12.1 Å². The molecule has 9 nitrogen and oxygen atoms in total. The number of aliphatic hydroxyl groups is 1. The molecule has 6 N–H and O–H groups in total. The average molecular weight is 509 g/mol. The van der Waals surface area contributed by atoms with Crippen LogP contribution in [0.4, 0.5) is 5.69 Å². The number of amides is 3. The van der Waals surface area contributed by atoms with Crippen LogP contribution in [-0.4, -0.2) is 52.8 Å². The second-order valence-electron chi connectivity index (χ2n) is 8.84. The molecule has 1 saturated carbocycles. The van der Waals surface area contributed by atoms with Crippen LogP contribution in [0.3, 0.4) is 0 Å². The number of hydrogen-bond donors (Lipinski definition) is 6. The normalized spacial score (nSPS) is 14.7. The number of aliphatic hydroxyl groups excluding tert-OH is 1. The number of hydrogen-bond acceptors (Lipinski definition) is 6. The molecule has 1 aliphatic rings. The Morgan fingerprint density at radius 3 is 2.05 bits per heavy atom. The number of carbonyl (C=O) groups excluding carboxylic acids is 3. The van der Waals surface area contributed by atoms with Crippen molar-refractivity contribution in [3.05, 3.63) is 65.2 Å². The maximum atomic E-state index is 12.3. The van der Waals surface area contributed by atoms with Gasteiger partial charge in [-0.25, -0.2) is 5.48 Å². The highest BCUT2D eigenvalue weighted by Crippen LogP contribution is 2.17. The molecule has 2 aromatic rings. The summed E-state index contributed by atoms with van der Waals surface area (Å²) < 4.78 is 0. The molecule has 0 unspecified atom stereocenters. The van der Waals surface area contributed by atoms with Crippen LogP contribution < -0.4 is 21.4 Å². The van der Waals surface area contributed by atoms with E-state index >= 15 is 0 Å². The lowest BCUT2D eigenvalue weighted by Gasteiger charge is -2.22. The molecule has 1 aliphatic carbocycles. The quantitative estimate of drug-likeness (QED) is 0.184. The number of benzene rings is 2. The fraction of sp³-hybridized carbons (Fsp3) is 0.393. The monoisotopic (exact) mass is 508 g/mol. The third kappa shape index (κ3) is 9.35. The minimum absolute atomic E-state index is 0. The Morgan fingerprint density at radius 2 is 1.51 bits per heavy atom. The van der Waals surface area contributed by atoms with Crippen LogP contribution in [0.15, 0.2) is 48.5 Å². The molecule has 37 heavy (non-hydrogen) atoms. The highest BCUT2D eigenvalue weighted by Gasteiger charge is 2.25. The number of hydroxylamine groups is 1. The Bertz CT molecular complexity index is 1100. The van der Waals surface area contributed by atoms with Crippen LogP contribution >= 0.6 is 0 Å². The van der Waals surface area contributed by atoms with Gasteiger partial charge < -0.3 is 21.1 Å². The zero-order valence-electron chi connectivity index (χ0n) is 20.2. The molecule has 2 aromatic carbocycles. The molecule has 0 saturated heterocycles. The second kappa shape index (κ2) is 14.8. The standard InChI is InChI=1S/C27H32N4O5.CH4/c1-18(32)25(27(35)31-36)30-26(34)21-13-9-19(10-14-21)7-8-20-11-15-23(16-12-20)29-24(33)17-28-22-5-3-2-4-6-22;/h9-16,18,22,25,28,32,36H,2-6,17H2,1H3,(H,29,33)(H,30,34)(H,31,35);1H4/t18-,25+;/m1./s1. The van der Waals surface area contributed by atoms with Crippen molar-refractivity contribution in [3.63, 3.8) is 0 Å². The fourth-order valence-corrected chi connectivity index (χ4v) is 3.93. The van der Waals surface area contributed by atoms with Gasteiger partial charge in [0.2, 0.25) is 5.91 Å². The number of rotatable bonds is 8. The van der Waals surface area contributed by atoms with Gasteiger partial charge in [-0.2, -0.15) is 0 Å². The molecule has 2 atom stereocenters. The summed E-state index contributed by atoms with van der Waals surface area (Å²) in [6, 6.07) is 12.8. The lowest BCUT2D eigenvalue weighted by molar-refractivity contribution is -0.133. The number of carbonyl (C=O) groups is 3. The van der Waals surface area contributed by atoms with Gasteiger partial charge in [-0.15, -0.1) is 0 Å². The minimum atomic E-state index is -1.29. The van der Waals surface area contributed by atoms with Gasteiger partial charge in [0.05, 0.1) is 12.6 Å². The molecule has 0 aromatic heterocycles. The topological polar surface area (TPSA) is 140 Å². The Balaban J connectivity index is 0.00000481. The molecule has 0 aliphatic heterocycles. The summed E-state index contributed by atoms with van der Waals surface area (Å²) in [4.78, 5) is 36.1. The van der Waals surface area contributed by atoms with E-state index in [1.165, 1.54) is 31.7 Å². The van der Waals surface area contributed by atoms with Crippen LogP contribution in [0.5, 0.6) is 0 Å². The van der Waals surface area contributed by atoms with Gasteiger partial charge in [-0.05, 0) is 68.3 Å². The minimum Gasteiger partial charge on any atom is -0.391 e. The molecule has 0 bridgehead atoms. The molecule has 3 rings (SSSR count). The third-order valence-electron chi connectivity index (χ3n) is 5.99. The molecule has 3 amide bonds. The SMILES string of the molecule is C.C[C@@H](O)[C@H](NC(=O)c1ccc(C#Cc2ccc(NC(=O)CNC3CCCCC3)cc2)cc1)C(=O)NO. The lowest BCUT2D eigenvalue weighted by atomic mass is 9.95. The lowest BCUT2D eigenvalue weighted by Crippen LogP contribution is -2.51. The second-order valence-corrected chi connectivity index (χ2v) is 8.84. The summed E-state index contributed by atoms with van der Waals surface area (Å²) >= 11 is 0. The van der Waals surface area contributed by atoms with Gasteiger partial charge in [0, 0.05) is 28.4 Å². The molecular weight excluding hydrogens is 472 g/mol. The summed E-state index contributed by atoms with van der Waals surface area (Å²) in [7, 11) is 0. The molecule has 0 spiro atoms. The highest BCUT2D eigenvalue weighted by atomic mass is 16.5. The van der Waals surface area contributed by atoms with Gasteiger partial charge in [-0.3, -0.25) is 19.6 Å². The fourth-order valence-electron chi connectivity index (χ4n) is 3.93. The molecule has 1 fully saturated rings. The summed E-state index contributed by atoms with van der Waals surface area (Å²) in [5, 5.41) is 27.0. The van der Waals surface area contributed by atoms with Gasteiger partial charge in [0.1, 0.15) is 6.04 Å². The van der Waals surface area contributed by atoms with Gasteiger partial charge >= 0.3 is 0 Å². The molecule has 0 heterocycles. The van der Waals surface area contributed by atoms with Crippen molar-refractivity contribution in [1.82, 2.24) is 16.1 Å². The van der Waals surface area contributed by atoms with Gasteiger partial charge in [0.25, 0.3) is 11.8 Å². The van der Waals surface area contributed by atoms with E-state index in [0.717, 1.165) is 18.4 Å². The predicted octanol–water partition coefficient (Wildman–Crippen LogP) is 2.57. The Morgan fingerprint density at radius 1 is 0.946 bits per heavy atom. The maximum absolute atomic E-state index is 12.3. The smallest absolute Gasteiger partial charge is 0.268 e. The Labute approximate surface area is 218 Å². The number of nitrogens with one attached hydrogen (secondary N) is 4. The van der Waals surface area contributed by atoms with Crippen LogP contribution in [0.2, 0.25) is 0 Å². The van der Waals surface area contributed by atoms with Crippen molar-refractivity contribution in [2.75, 3.05) is 11.9 Å². The first-order valence-electron chi connectivity index (χ1n) is 12.0. The molecule has 9 heteroatoms. The molecular formula is C28H36N4O5. The molecule has 0 radical (unpaired) electrons. The summed E-state index contributed by atoms with van der Waals surface area (Å²) in [6.45, 7) is 1.63. The highest BCUT2D eigenvalue weighted by molar-refractivity contribution is 5.97. The van der Waals surface area contributed by atoms with E-state index in [9.17, 15) is 19.5 Å². The van der Waals surface area contributed by atoms with Crippen molar-refractivity contribution < 1.29 is 24.7 Å². The van der Waals surface area contributed by atoms with E-state index in [1.54, 1.807) is 36.4 Å². The van der Waals surface area contributed by atoms with E-state index < -0.39 is 24.0 Å². The zero-order valence-corrected chi connectivity index (χ0v) is 20.2. The molecule has 198 valence electrons.